The second kappa shape index (κ2) is 7.98. The Labute approximate surface area is 146 Å². The van der Waals surface area contributed by atoms with Crippen molar-refractivity contribution in [1.29, 1.82) is 0 Å². The van der Waals surface area contributed by atoms with Gasteiger partial charge in [0.2, 0.25) is 11.2 Å². The van der Waals surface area contributed by atoms with E-state index in [0.29, 0.717) is 32.0 Å². The minimum atomic E-state index is -0.165. The summed E-state index contributed by atoms with van der Waals surface area (Å²) in [5, 5.41) is 0. The van der Waals surface area contributed by atoms with E-state index in [-0.39, 0.29) is 17.1 Å². The van der Waals surface area contributed by atoms with E-state index in [1.165, 1.54) is 12.3 Å². The summed E-state index contributed by atoms with van der Waals surface area (Å²) < 4.78 is 10.8. The van der Waals surface area contributed by atoms with Crippen LogP contribution in [0.5, 0.6) is 5.75 Å². The zero-order valence-corrected chi connectivity index (χ0v) is 14.3. The summed E-state index contributed by atoms with van der Waals surface area (Å²) in [5.74, 6) is 0.847. The van der Waals surface area contributed by atoms with Gasteiger partial charge in [-0.05, 0) is 19.1 Å². The molecule has 2 heterocycles. The quantitative estimate of drug-likeness (QED) is 0.829. The highest BCUT2D eigenvalue weighted by Gasteiger charge is 2.21. The fraction of sp³-hybridized carbons (Fsp3) is 0.368. The van der Waals surface area contributed by atoms with Crippen molar-refractivity contribution in [1.82, 2.24) is 9.80 Å². The Bertz CT molecular complexity index is 764. The lowest BCUT2D eigenvalue weighted by molar-refractivity contribution is 0.0619. The topological polar surface area (TPSA) is 63.0 Å². The molecule has 0 atom stereocenters. The van der Waals surface area contributed by atoms with Gasteiger partial charge in [-0.3, -0.25) is 14.5 Å². The third-order valence-electron chi connectivity index (χ3n) is 4.34. The highest BCUT2D eigenvalue weighted by Crippen LogP contribution is 2.11. The lowest BCUT2D eigenvalue weighted by Crippen LogP contribution is -2.49. The van der Waals surface area contributed by atoms with Crippen LogP contribution in [0.2, 0.25) is 0 Å². The van der Waals surface area contributed by atoms with E-state index in [2.05, 4.69) is 4.90 Å². The van der Waals surface area contributed by atoms with Crippen molar-refractivity contribution >= 4 is 5.91 Å². The van der Waals surface area contributed by atoms with E-state index in [4.69, 9.17) is 9.15 Å². The van der Waals surface area contributed by atoms with Crippen molar-refractivity contribution < 1.29 is 13.9 Å². The Morgan fingerprint density at radius 2 is 1.84 bits per heavy atom. The number of hydrogen-bond acceptors (Lipinski definition) is 5. The van der Waals surface area contributed by atoms with Gasteiger partial charge in [-0.15, -0.1) is 0 Å². The van der Waals surface area contributed by atoms with Gasteiger partial charge in [-0.2, -0.15) is 0 Å². The van der Waals surface area contributed by atoms with Gasteiger partial charge < -0.3 is 14.1 Å². The zero-order chi connectivity index (χ0) is 17.6. The van der Waals surface area contributed by atoms with Crippen molar-refractivity contribution in [3.05, 3.63) is 64.2 Å². The molecule has 0 saturated carbocycles. The molecule has 132 valence electrons. The number of rotatable bonds is 5. The number of carbonyl (C=O) groups excluding carboxylic acids is 1. The molecular weight excluding hydrogens is 320 g/mol. The monoisotopic (exact) mass is 342 g/mol. The Hall–Kier alpha value is -2.60. The molecule has 1 aromatic carbocycles. The molecule has 1 amide bonds. The summed E-state index contributed by atoms with van der Waals surface area (Å²) in [5.41, 5.74) is 0.563. The van der Waals surface area contributed by atoms with Gasteiger partial charge in [0.25, 0.3) is 5.91 Å². The molecule has 3 rings (SSSR count). The third kappa shape index (κ3) is 4.28. The highest BCUT2D eigenvalue weighted by atomic mass is 16.5. The van der Waals surface area contributed by atoms with Crippen molar-refractivity contribution in [2.45, 2.75) is 6.92 Å². The maximum atomic E-state index is 12.4. The molecule has 0 bridgehead atoms. The molecule has 0 spiro atoms. The van der Waals surface area contributed by atoms with E-state index in [1.807, 2.05) is 35.2 Å². The molecule has 2 aromatic rings. The summed E-state index contributed by atoms with van der Waals surface area (Å²) >= 11 is 0. The molecule has 0 radical (unpaired) electrons. The Morgan fingerprint density at radius 1 is 1.12 bits per heavy atom. The highest BCUT2D eigenvalue weighted by molar-refractivity contribution is 5.94. The van der Waals surface area contributed by atoms with Crippen molar-refractivity contribution in [2.24, 2.45) is 0 Å². The van der Waals surface area contributed by atoms with Gasteiger partial charge in [0.1, 0.15) is 12.4 Å². The molecule has 0 N–H and O–H groups in total. The number of ether oxygens (including phenoxy) is 1. The summed E-state index contributed by atoms with van der Waals surface area (Å²) in [6.45, 7) is 5.82. The van der Waals surface area contributed by atoms with E-state index < -0.39 is 0 Å². The first-order chi connectivity index (χ1) is 12.1. The van der Waals surface area contributed by atoms with Gasteiger partial charge in [-0.1, -0.05) is 18.2 Å². The predicted molar refractivity (Wildman–Crippen MR) is 94.0 cm³/mol. The first-order valence-corrected chi connectivity index (χ1v) is 8.43. The van der Waals surface area contributed by atoms with Crippen LogP contribution in [0.3, 0.4) is 0 Å². The standard InChI is InChI=1S/C19H22N2O4/c1-15-18(17(22)7-13-24-15)25-14-12-20-8-10-21(11-9-20)19(23)16-5-3-2-4-6-16/h2-7,13H,8-12,14H2,1H3. The summed E-state index contributed by atoms with van der Waals surface area (Å²) in [6.07, 6.45) is 1.37. The van der Waals surface area contributed by atoms with Crippen LogP contribution in [0.25, 0.3) is 0 Å². The second-order valence-electron chi connectivity index (χ2n) is 6.02. The van der Waals surface area contributed by atoms with E-state index in [1.54, 1.807) is 6.92 Å². The summed E-state index contributed by atoms with van der Waals surface area (Å²) in [6, 6.07) is 10.7. The fourth-order valence-corrected chi connectivity index (χ4v) is 2.89. The first kappa shape index (κ1) is 17.2. The number of aryl methyl sites for hydroxylation is 1. The molecule has 1 aliphatic heterocycles. The van der Waals surface area contributed by atoms with Crippen LogP contribution < -0.4 is 10.2 Å². The van der Waals surface area contributed by atoms with Crippen molar-refractivity contribution in [2.75, 3.05) is 39.3 Å². The number of amides is 1. The normalized spacial score (nSPS) is 15.2. The predicted octanol–water partition coefficient (Wildman–Crippen LogP) is 1.79. The lowest BCUT2D eigenvalue weighted by Gasteiger charge is -2.34. The van der Waals surface area contributed by atoms with Gasteiger partial charge >= 0.3 is 0 Å². The first-order valence-electron chi connectivity index (χ1n) is 8.43. The zero-order valence-electron chi connectivity index (χ0n) is 14.3. The Morgan fingerprint density at radius 3 is 2.52 bits per heavy atom. The van der Waals surface area contributed by atoms with E-state index in [0.717, 1.165) is 18.7 Å². The maximum absolute atomic E-state index is 12.4. The molecule has 1 aliphatic rings. The lowest BCUT2D eigenvalue weighted by atomic mass is 10.2. The van der Waals surface area contributed by atoms with Crippen LogP contribution in [0, 0.1) is 6.92 Å². The second-order valence-corrected chi connectivity index (χ2v) is 6.02. The number of benzene rings is 1. The van der Waals surface area contributed by atoms with Crippen LogP contribution in [-0.4, -0.2) is 55.0 Å². The SMILES string of the molecule is Cc1occc(=O)c1OCCN1CCN(C(=O)c2ccccc2)CC1. The third-order valence-corrected chi connectivity index (χ3v) is 4.34. The molecule has 1 saturated heterocycles. The Balaban J connectivity index is 1.45. The number of carbonyl (C=O) groups is 1. The summed E-state index contributed by atoms with van der Waals surface area (Å²) in [7, 11) is 0. The average Bonchev–Trinajstić information content (AvgIpc) is 2.65. The Kier molecular flexibility index (Phi) is 5.50. The summed E-state index contributed by atoms with van der Waals surface area (Å²) in [4.78, 5) is 28.3. The van der Waals surface area contributed by atoms with Crippen molar-refractivity contribution in [3.63, 3.8) is 0 Å². The van der Waals surface area contributed by atoms with E-state index in [9.17, 15) is 9.59 Å². The molecule has 0 unspecified atom stereocenters. The smallest absolute Gasteiger partial charge is 0.253 e. The molecular formula is C19H22N2O4. The largest absolute Gasteiger partial charge is 0.485 e. The van der Waals surface area contributed by atoms with Gasteiger partial charge in [-0.25, -0.2) is 0 Å². The molecule has 25 heavy (non-hydrogen) atoms. The fourth-order valence-electron chi connectivity index (χ4n) is 2.89. The average molecular weight is 342 g/mol. The van der Waals surface area contributed by atoms with Crippen LogP contribution in [0.4, 0.5) is 0 Å². The van der Waals surface area contributed by atoms with Gasteiger partial charge in [0.05, 0.1) is 6.26 Å². The van der Waals surface area contributed by atoms with E-state index >= 15 is 0 Å². The minimum absolute atomic E-state index is 0.0778. The van der Waals surface area contributed by atoms with Gasteiger partial charge in [0.15, 0.2) is 0 Å². The molecule has 6 heteroatoms. The van der Waals surface area contributed by atoms with Crippen LogP contribution >= 0.6 is 0 Å². The molecule has 0 aliphatic carbocycles. The number of piperazine rings is 1. The molecule has 6 nitrogen and oxygen atoms in total. The van der Waals surface area contributed by atoms with Crippen molar-refractivity contribution in [3.8, 4) is 5.75 Å². The molecule has 1 fully saturated rings. The number of hydrogen-bond donors (Lipinski definition) is 0. The maximum Gasteiger partial charge on any atom is 0.253 e. The minimum Gasteiger partial charge on any atom is -0.485 e. The van der Waals surface area contributed by atoms with Crippen LogP contribution in [-0.2, 0) is 0 Å². The van der Waals surface area contributed by atoms with Gasteiger partial charge in [0, 0.05) is 44.4 Å². The van der Waals surface area contributed by atoms with Crippen LogP contribution in [0.1, 0.15) is 16.1 Å². The molecule has 1 aromatic heterocycles. The number of nitrogens with zero attached hydrogens (tertiary/aromatic N) is 2. The van der Waals surface area contributed by atoms with Crippen LogP contribution in [0.15, 0.2) is 51.9 Å².